The Kier molecular flexibility index (Phi) is 36.0. The van der Waals surface area contributed by atoms with E-state index in [1.165, 1.54) is 186 Å². The van der Waals surface area contributed by atoms with E-state index in [0.717, 1.165) is 32.1 Å². The molecule has 0 fully saturated rings. The predicted molar refractivity (Wildman–Crippen MR) is 190 cm³/mol. The molecule has 0 aromatic carbocycles. The van der Waals surface area contributed by atoms with Gasteiger partial charge in [-0.05, 0) is 12.8 Å². The smallest absolute Gasteiger partial charge is 0.303 e. The zero-order valence-corrected chi connectivity index (χ0v) is 30.4. The number of hydrogen-bond acceptors (Lipinski definition) is 4. The molecule has 0 saturated heterocycles. The van der Waals surface area contributed by atoms with Gasteiger partial charge >= 0.3 is 7.82 Å². The standard InChI is InChI=1S/C37H76NO6P/c39-37(38-40)35-33-31-29-27-25-23-21-19-17-15-13-11-9-7-5-3-1-2-4-6-8-10-12-14-16-18-20-22-24-26-28-30-32-34-36-44-45(41,42)43/h40H,1-36H2,(H,38,39)(H2,41,42,43). The van der Waals surface area contributed by atoms with Crippen LogP contribution >= 0.6 is 7.82 Å². The third-order valence-electron chi connectivity index (χ3n) is 9.18. The van der Waals surface area contributed by atoms with Crippen LogP contribution in [0.2, 0.25) is 0 Å². The molecule has 0 aromatic heterocycles. The van der Waals surface area contributed by atoms with Gasteiger partial charge in [-0.3, -0.25) is 14.5 Å². The molecule has 0 saturated carbocycles. The molecule has 8 heteroatoms. The lowest BCUT2D eigenvalue weighted by molar-refractivity contribution is -0.129. The van der Waals surface area contributed by atoms with Crippen molar-refractivity contribution in [3.8, 4) is 0 Å². The number of carbonyl (C=O) groups is 1. The topological polar surface area (TPSA) is 116 Å². The van der Waals surface area contributed by atoms with E-state index in [-0.39, 0.29) is 12.5 Å². The van der Waals surface area contributed by atoms with Gasteiger partial charge in [-0.1, -0.05) is 205 Å². The molecule has 270 valence electrons. The first-order chi connectivity index (χ1) is 22.0. The summed E-state index contributed by atoms with van der Waals surface area (Å²) in [7, 11) is -4.28. The van der Waals surface area contributed by atoms with Crippen LogP contribution in [0.5, 0.6) is 0 Å². The van der Waals surface area contributed by atoms with Gasteiger partial charge in [0.1, 0.15) is 0 Å². The minimum absolute atomic E-state index is 0.163. The number of carbonyl (C=O) groups excluding carboxylic acids is 1. The molecule has 0 aliphatic carbocycles. The zero-order chi connectivity index (χ0) is 32.9. The largest absolute Gasteiger partial charge is 0.469 e. The fourth-order valence-electron chi connectivity index (χ4n) is 6.28. The molecular formula is C37H76NO6P. The van der Waals surface area contributed by atoms with Gasteiger partial charge in [0.05, 0.1) is 6.61 Å². The molecule has 4 N–H and O–H groups in total. The van der Waals surface area contributed by atoms with Gasteiger partial charge in [-0.25, -0.2) is 10.0 Å². The van der Waals surface area contributed by atoms with Gasteiger partial charge < -0.3 is 9.79 Å². The van der Waals surface area contributed by atoms with Crippen molar-refractivity contribution in [2.75, 3.05) is 6.61 Å². The highest BCUT2D eigenvalue weighted by Crippen LogP contribution is 2.35. The molecule has 0 heterocycles. The van der Waals surface area contributed by atoms with Crippen LogP contribution < -0.4 is 5.48 Å². The van der Waals surface area contributed by atoms with Crippen molar-refractivity contribution in [3.05, 3.63) is 0 Å². The van der Waals surface area contributed by atoms with Crippen LogP contribution in [-0.4, -0.2) is 27.5 Å². The molecule has 1 amide bonds. The first-order valence-corrected chi connectivity index (χ1v) is 21.1. The minimum atomic E-state index is -4.28. The van der Waals surface area contributed by atoms with E-state index in [0.29, 0.717) is 6.42 Å². The van der Waals surface area contributed by atoms with Crippen LogP contribution in [0.3, 0.4) is 0 Å². The summed E-state index contributed by atoms with van der Waals surface area (Å²) in [5, 5.41) is 8.46. The van der Waals surface area contributed by atoms with Crippen LogP contribution in [0.25, 0.3) is 0 Å². The quantitative estimate of drug-likeness (QED) is 0.0226. The average Bonchev–Trinajstić information content (AvgIpc) is 3.01. The second-order valence-corrected chi connectivity index (χ2v) is 14.9. The number of hydroxylamine groups is 1. The lowest BCUT2D eigenvalue weighted by Crippen LogP contribution is -2.17. The number of nitrogens with one attached hydrogen (secondary N) is 1. The van der Waals surface area contributed by atoms with Gasteiger partial charge in [0.2, 0.25) is 5.91 Å². The highest BCUT2D eigenvalue weighted by molar-refractivity contribution is 7.46. The van der Waals surface area contributed by atoms with E-state index in [1.807, 2.05) is 0 Å². The molecule has 0 aliphatic heterocycles. The van der Waals surface area contributed by atoms with Crippen LogP contribution in [0.1, 0.15) is 225 Å². The molecule has 0 bridgehead atoms. The Bertz CT molecular complexity index is 644. The van der Waals surface area contributed by atoms with E-state index in [9.17, 15) is 9.36 Å². The fraction of sp³-hybridized carbons (Fsp3) is 0.973. The summed E-state index contributed by atoms with van der Waals surface area (Å²) in [4.78, 5) is 28.2. The summed E-state index contributed by atoms with van der Waals surface area (Å²) in [6.07, 6.45) is 45.4. The van der Waals surface area contributed by atoms with Gasteiger partial charge in [-0.2, -0.15) is 0 Å². The Labute approximate surface area is 279 Å². The molecular weight excluding hydrogens is 585 g/mol. The van der Waals surface area contributed by atoms with Gasteiger partial charge in [-0.15, -0.1) is 0 Å². The maximum absolute atomic E-state index is 10.9. The summed E-state index contributed by atoms with van der Waals surface area (Å²) < 4.78 is 15.1. The number of rotatable bonds is 38. The van der Waals surface area contributed by atoms with Crippen molar-refractivity contribution in [2.45, 2.75) is 225 Å². The van der Waals surface area contributed by atoms with Crippen molar-refractivity contribution in [1.29, 1.82) is 0 Å². The molecule has 7 nitrogen and oxygen atoms in total. The molecule has 0 aliphatic rings. The van der Waals surface area contributed by atoms with Crippen LogP contribution in [0.15, 0.2) is 0 Å². The Hall–Kier alpha value is -0.460. The summed E-state index contributed by atoms with van der Waals surface area (Å²) in [5.41, 5.74) is 1.70. The molecule has 0 atom stereocenters. The Morgan fingerprint density at radius 2 is 0.600 bits per heavy atom. The molecule has 0 radical (unpaired) electrons. The first kappa shape index (κ1) is 44.5. The Morgan fingerprint density at radius 1 is 0.400 bits per heavy atom. The van der Waals surface area contributed by atoms with Crippen molar-refractivity contribution in [3.63, 3.8) is 0 Å². The van der Waals surface area contributed by atoms with E-state index in [2.05, 4.69) is 4.52 Å². The fourth-order valence-corrected chi connectivity index (χ4v) is 6.65. The Morgan fingerprint density at radius 3 is 0.800 bits per heavy atom. The lowest BCUT2D eigenvalue weighted by Gasteiger charge is -2.05. The summed E-state index contributed by atoms with van der Waals surface area (Å²) in [6, 6.07) is 0. The minimum Gasteiger partial charge on any atom is -0.303 e. The van der Waals surface area contributed by atoms with Gasteiger partial charge in [0.15, 0.2) is 0 Å². The van der Waals surface area contributed by atoms with Gasteiger partial charge in [0.25, 0.3) is 0 Å². The van der Waals surface area contributed by atoms with E-state index >= 15 is 0 Å². The molecule has 45 heavy (non-hydrogen) atoms. The summed E-state index contributed by atoms with van der Waals surface area (Å²) >= 11 is 0. The summed E-state index contributed by atoms with van der Waals surface area (Å²) in [5.74, 6) is -0.263. The monoisotopic (exact) mass is 662 g/mol. The number of amides is 1. The molecule has 0 unspecified atom stereocenters. The second-order valence-electron chi connectivity index (χ2n) is 13.6. The third-order valence-corrected chi connectivity index (χ3v) is 9.70. The number of hydrogen-bond donors (Lipinski definition) is 4. The molecule has 0 spiro atoms. The highest BCUT2D eigenvalue weighted by atomic mass is 31.2. The second kappa shape index (κ2) is 36.4. The first-order valence-electron chi connectivity index (χ1n) is 19.6. The third kappa shape index (κ3) is 41.5. The zero-order valence-electron chi connectivity index (χ0n) is 29.5. The number of phosphoric ester groups is 1. The highest BCUT2D eigenvalue weighted by Gasteiger charge is 2.12. The lowest BCUT2D eigenvalue weighted by atomic mass is 10.0. The maximum atomic E-state index is 10.9. The van der Waals surface area contributed by atoms with Crippen LogP contribution in [0.4, 0.5) is 0 Å². The van der Waals surface area contributed by atoms with Crippen molar-refractivity contribution in [2.24, 2.45) is 0 Å². The average molecular weight is 662 g/mol. The van der Waals surface area contributed by atoms with Crippen molar-refractivity contribution < 1.29 is 28.9 Å². The van der Waals surface area contributed by atoms with Crippen LogP contribution in [-0.2, 0) is 13.9 Å². The molecule has 0 aromatic rings. The predicted octanol–water partition coefficient (Wildman–Crippen LogP) is 12.3. The number of phosphoric acid groups is 1. The SMILES string of the molecule is O=C(CCCCCCCCCCCCCCCCCCCCCCCCCCCCCCCCCCCCOP(=O)(O)O)NO. The number of unbranched alkanes of at least 4 members (excludes halogenated alkanes) is 33. The van der Waals surface area contributed by atoms with Crippen LogP contribution in [0, 0.1) is 0 Å². The van der Waals surface area contributed by atoms with E-state index in [1.54, 1.807) is 5.48 Å². The summed E-state index contributed by atoms with van der Waals surface area (Å²) in [6.45, 7) is 0.163. The normalized spacial score (nSPS) is 11.8. The van der Waals surface area contributed by atoms with E-state index in [4.69, 9.17) is 15.0 Å². The maximum Gasteiger partial charge on any atom is 0.469 e. The molecule has 0 rings (SSSR count). The van der Waals surface area contributed by atoms with E-state index < -0.39 is 7.82 Å². The Balaban J connectivity index is 3.07. The van der Waals surface area contributed by atoms with Gasteiger partial charge in [0, 0.05) is 6.42 Å². The van der Waals surface area contributed by atoms with Crippen molar-refractivity contribution in [1.82, 2.24) is 5.48 Å². The van der Waals surface area contributed by atoms with Crippen molar-refractivity contribution >= 4 is 13.7 Å².